The predicted octanol–water partition coefficient (Wildman–Crippen LogP) is 1.06. The zero-order valence-corrected chi connectivity index (χ0v) is 9.28. The largest absolute Gasteiger partial charge is 0.450 e. The van der Waals surface area contributed by atoms with E-state index in [0.717, 1.165) is 0 Å². The average molecular weight is 225 g/mol. The van der Waals surface area contributed by atoms with E-state index >= 15 is 0 Å². The van der Waals surface area contributed by atoms with Gasteiger partial charge in [-0.25, -0.2) is 14.8 Å². The number of carbonyl (C=O) groups is 1. The minimum Gasteiger partial charge on any atom is -0.450 e. The third kappa shape index (κ3) is 2.97. The van der Waals surface area contributed by atoms with Crippen molar-refractivity contribution in [2.24, 2.45) is 0 Å². The molecule has 0 bridgehead atoms. The van der Waals surface area contributed by atoms with Gasteiger partial charge < -0.3 is 15.8 Å². The molecule has 1 heterocycles. The van der Waals surface area contributed by atoms with Gasteiger partial charge in [0.05, 0.1) is 6.61 Å². The highest BCUT2D eigenvalue weighted by Gasteiger charge is 2.12. The summed E-state index contributed by atoms with van der Waals surface area (Å²) >= 11 is 0. The van der Waals surface area contributed by atoms with Gasteiger partial charge in [0.15, 0.2) is 11.6 Å². The number of aromatic nitrogens is 2. The molecule has 0 atom stereocenters. The summed E-state index contributed by atoms with van der Waals surface area (Å²) in [5.41, 5.74) is 5.97. The van der Waals surface area contributed by atoms with E-state index in [2.05, 4.69) is 20.6 Å². The molecule has 0 saturated heterocycles. The lowest BCUT2D eigenvalue weighted by atomic mass is 10.4. The van der Waals surface area contributed by atoms with E-state index in [0.29, 0.717) is 18.1 Å². The van der Waals surface area contributed by atoms with Crippen LogP contribution in [-0.4, -0.2) is 29.2 Å². The van der Waals surface area contributed by atoms with Gasteiger partial charge in [0.1, 0.15) is 12.0 Å². The van der Waals surface area contributed by atoms with Crippen molar-refractivity contribution in [3.8, 4) is 0 Å². The van der Waals surface area contributed by atoms with Gasteiger partial charge in [0, 0.05) is 6.54 Å². The number of rotatable bonds is 4. The van der Waals surface area contributed by atoms with E-state index < -0.39 is 6.09 Å². The number of nitrogen functional groups attached to an aromatic ring is 1. The molecule has 0 unspecified atom stereocenters. The predicted molar refractivity (Wildman–Crippen MR) is 61.3 cm³/mol. The third-order valence-corrected chi connectivity index (χ3v) is 1.72. The van der Waals surface area contributed by atoms with E-state index in [1.165, 1.54) is 6.33 Å². The zero-order chi connectivity index (χ0) is 12.0. The number of nitrogens with one attached hydrogen (secondary N) is 2. The van der Waals surface area contributed by atoms with E-state index in [1.54, 1.807) is 6.92 Å². The molecule has 4 N–H and O–H groups in total. The van der Waals surface area contributed by atoms with Crippen molar-refractivity contribution < 1.29 is 9.53 Å². The molecule has 1 amide bonds. The first-order valence-corrected chi connectivity index (χ1v) is 4.97. The molecule has 7 heteroatoms. The first-order valence-electron chi connectivity index (χ1n) is 4.97. The molecule has 88 valence electrons. The van der Waals surface area contributed by atoms with Crippen molar-refractivity contribution in [3.05, 3.63) is 6.33 Å². The Bertz CT molecular complexity index is 369. The Balaban J connectivity index is 2.87. The number of amides is 1. The van der Waals surface area contributed by atoms with Gasteiger partial charge in [-0.15, -0.1) is 0 Å². The van der Waals surface area contributed by atoms with Gasteiger partial charge in [-0.1, -0.05) is 0 Å². The molecule has 0 saturated carbocycles. The van der Waals surface area contributed by atoms with Crippen LogP contribution in [0, 0.1) is 0 Å². The molecule has 0 fully saturated rings. The van der Waals surface area contributed by atoms with Crippen LogP contribution in [0.15, 0.2) is 6.33 Å². The smallest absolute Gasteiger partial charge is 0.411 e. The molecule has 0 radical (unpaired) electrons. The maximum absolute atomic E-state index is 11.2. The molecule has 0 aliphatic carbocycles. The van der Waals surface area contributed by atoms with Gasteiger partial charge in [-0.05, 0) is 13.8 Å². The lowest BCUT2D eigenvalue weighted by Crippen LogP contribution is -2.17. The van der Waals surface area contributed by atoms with Crippen LogP contribution < -0.4 is 16.4 Å². The summed E-state index contributed by atoms with van der Waals surface area (Å²) < 4.78 is 4.75. The van der Waals surface area contributed by atoms with Crippen LogP contribution >= 0.6 is 0 Å². The van der Waals surface area contributed by atoms with Crippen molar-refractivity contribution in [1.29, 1.82) is 0 Å². The number of anilines is 3. The lowest BCUT2D eigenvalue weighted by molar-refractivity contribution is 0.168. The molecule has 0 aliphatic rings. The molecular formula is C9H15N5O2. The highest BCUT2D eigenvalue weighted by atomic mass is 16.5. The minimum atomic E-state index is -0.580. The molecular weight excluding hydrogens is 210 g/mol. The molecule has 7 nitrogen and oxygen atoms in total. The van der Waals surface area contributed by atoms with E-state index in [-0.39, 0.29) is 12.4 Å². The second kappa shape index (κ2) is 5.74. The Morgan fingerprint density at radius 3 is 2.88 bits per heavy atom. The van der Waals surface area contributed by atoms with Crippen molar-refractivity contribution in [2.45, 2.75) is 13.8 Å². The number of nitrogens with zero attached hydrogens (tertiary/aromatic N) is 2. The van der Waals surface area contributed by atoms with E-state index in [9.17, 15) is 4.79 Å². The van der Waals surface area contributed by atoms with Gasteiger partial charge in [0.2, 0.25) is 0 Å². The summed E-state index contributed by atoms with van der Waals surface area (Å²) in [6.45, 7) is 4.58. The lowest BCUT2D eigenvalue weighted by Gasteiger charge is -2.11. The second-order valence-electron chi connectivity index (χ2n) is 2.86. The molecule has 1 rings (SSSR count). The zero-order valence-electron chi connectivity index (χ0n) is 9.28. The van der Waals surface area contributed by atoms with Crippen LogP contribution in [0.25, 0.3) is 0 Å². The summed E-state index contributed by atoms with van der Waals surface area (Å²) in [4.78, 5) is 19.0. The average Bonchev–Trinajstić information content (AvgIpc) is 2.24. The monoisotopic (exact) mass is 225 g/mol. The highest BCUT2D eigenvalue weighted by molar-refractivity contribution is 5.92. The molecule has 0 aliphatic heterocycles. The van der Waals surface area contributed by atoms with Crippen molar-refractivity contribution >= 4 is 23.4 Å². The Kier molecular flexibility index (Phi) is 4.31. The van der Waals surface area contributed by atoms with E-state index in [4.69, 9.17) is 10.5 Å². The van der Waals surface area contributed by atoms with Gasteiger partial charge in [0.25, 0.3) is 0 Å². The molecule has 1 aromatic rings. The van der Waals surface area contributed by atoms with Crippen LogP contribution in [-0.2, 0) is 4.74 Å². The topological polar surface area (TPSA) is 102 Å². The fourth-order valence-electron chi connectivity index (χ4n) is 1.09. The van der Waals surface area contributed by atoms with Gasteiger partial charge >= 0.3 is 6.09 Å². The van der Waals surface area contributed by atoms with Crippen molar-refractivity contribution in [1.82, 2.24) is 9.97 Å². The molecule has 0 aromatic carbocycles. The number of nitrogens with two attached hydrogens (primary N) is 1. The summed E-state index contributed by atoms with van der Waals surface area (Å²) in [6.07, 6.45) is 0.743. The number of hydrogen-bond acceptors (Lipinski definition) is 6. The number of ether oxygens (including phenoxy) is 1. The SMILES string of the molecule is CCNc1ncnc(N)c1NC(=O)OCC. The van der Waals surface area contributed by atoms with Gasteiger partial charge in [-0.2, -0.15) is 0 Å². The Labute approximate surface area is 93.4 Å². The van der Waals surface area contributed by atoms with Crippen LogP contribution in [0.1, 0.15) is 13.8 Å². The maximum Gasteiger partial charge on any atom is 0.411 e. The van der Waals surface area contributed by atoms with Crippen LogP contribution in [0.2, 0.25) is 0 Å². The van der Waals surface area contributed by atoms with Crippen LogP contribution in [0.5, 0.6) is 0 Å². The number of carbonyl (C=O) groups excluding carboxylic acids is 1. The first-order chi connectivity index (χ1) is 7.69. The Morgan fingerprint density at radius 1 is 1.50 bits per heavy atom. The molecule has 0 spiro atoms. The second-order valence-corrected chi connectivity index (χ2v) is 2.86. The Hall–Kier alpha value is -2.05. The van der Waals surface area contributed by atoms with Crippen LogP contribution in [0.3, 0.4) is 0 Å². The Morgan fingerprint density at radius 2 is 2.25 bits per heavy atom. The minimum absolute atomic E-state index is 0.194. The van der Waals surface area contributed by atoms with E-state index in [1.807, 2.05) is 6.92 Å². The molecule has 16 heavy (non-hydrogen) atoms. The van der Waals surface area contributed by atoms with Crippen molar-refractivity contribution in [2.75, 3.05) is 29.5 Å². The summed E-state index contributed by atoms with van der Waals surface area (Å²) in [6, 6.07) is 0. The first kappa shape index (κ1) is 12.0. The van der Waals surface area contributed by atoms with Crippen LogP contribution in [0.4, 0.5) is 22.1 Å². The summed E-state index contributed by atoms with van der Waals surface area (Å²) in [5, 5.41) is 5.45. The number of hydrogen-bond donors (Lipinski definition) is 3. The van der Waals surface area contributed by atoms with Gasteiger partial charge in [-0.3, -0.25) is 5.32 Å². The third-order valence-electron chi connectivity index (χ3n) is 1.72. The highest BCUT2D eigenvalue weighted by Crippen LogP contribution is 2.23. The quantitative estimate of drug-likeness (QED) is 0.708. The summed E-state index contributed by atoms with van der Waals surface area (Å²) in [5.74, 6) is 0.669. The fraction of sp³-hybridized carbons (Fsp3) is 0.444. The molecule has 1 aromatic heterocycles. The summed E-state index contributed by atoms with van der Waals surface area (Å²) in [7, 11) is 0. The van der Waals surface area contributed by atoms with Crippen molar-refractivity contribution in [3.63, 3.8) is 0 Å². The standard InChI is InChI=1S/C9H15N5O2/c1-3-11-8-6(7(10)12-5-13-8)14-9(15)16-4-2/h5H,3-4H2,1-2H3,(H,14,15)(H3,10,11,12,13). The normalized spacial score (nSPS) is 9.62. The maximum atomic E-state index is 11.2. The fourth-order valence-corrected chi connectivity index (χ4v) is 1.09.